The van der Waals surface area contributed by atoms with E-state index in [-0.39, 0.29) is 18.5 Å². The number of carbonyl (C=O) groups excluding carboxylic acids is 1. The summed E-state index contributed by atoms with van der Waals surface area (Å²) in [6, 6.07) is -0.593. The van der Waals surface area contributed by atoms with Crippen LogP contribution in [0, 0.1) is 0 Å². The van der Waals surface area contributed by atoms with Gasteiger partial charge in [0, 0.05) is 24.4 Å². The molecule has 1 aromatic heterocycles. The molecule has 1 heterocycles. The fraction of sp³-hybridized carbons (Fsp3) is 0.583. The highest BCUT2D eigenvalue weighted by Gasteiger charge is 2.22. The lowest BCUT2D eigenvalue weighted by Crippen LogP contribution is -2.49. The molecule has 0 aliphatic heterocycles. The molecule has 1 unspecified atom stereocenters. The minimum Gasteiger partial charge on any atom is -0.481 e. The predicted molar refractivity (Wildman–Crippen MR) is 69.6 cm³/mol. The highest BCUT2D eigenvalue weighted by molar-refractivity contribution is 5.75. The number of aromatic nitrogens is 2. The molecule has 0 saturated heterocycles. The summed E-state index contributed by atoms with van der Waals surface area (Å²) in [6.07, 6.45) is 3.68. The van der Waals surface area contributed by atoms with Gasteiger partial charge in [0.2, 0.25) is 0 Å². The fourth-order valence-corrected chi connectivity index (χ4v) is 1.60. The number of urea groups is 1. The van der Waals surface area contributed by atoms with Crippen molar-refractivity contribution in [3.05, 3.63) is 18.2 Å². The van der Waals surface area contributed by atoms with Gasteiger partial charge in [-0.25, -0.2) is 9.78 Å². The van der Waals surface area contributed by atoms with Gasteiger partial charge >= 0.3 is 12.0 Å². The lowest BCUT2D eigenvalue weighted by molar-refractivity contribution is -0.137. The first-order chi connectivity index (χ1) is 8.80. The zero-order valence-electron chi connectivity index (χ0n) is 11.4. The summed E-state index contributed by atoms with van der Waals surface area (Å²) in [5.41, 5.74) is -0.578. The molecule has 1 atom stereocenters. The van der Waals surface area contributed by atoms with Crippen molar-refractivity contribution in [3.63, 3.8) is 0 Å². The molecule has 1 rings (SSSR count). The van der Waals surface area contributed by atoms with Crippen LogP contribution in [-0.4, -0.2) is 32.6 Å². The van der Waals surface area contributed by atoms with Gasteiger partial charge in [0.25, 0.3) is 0 Å². The smallest absolute Gasteiger partial charge is 0.315 e. The van der Waals surface area contributed by atoms with Crippen molar-refractivity contribution in [3.8, 4) is 0 Å². The molecule has 106 valence electrons. The van der Waals surface area contributed by atoms with Crippen LogP contribution in [0.15, 0.2) is 12.4 Å². The predicted octanol–water partition coefficient (Wildman–Crippen LogP) is 1.41. The van der Waals surface area contributed by atoms with Gasteiger partial charge in [0.05, 0.1) is 6.04 Å². The minimum atomic E-state index is -0.876. The summed E-state index contributed by atoms with van der Waals surface area (Å²) < 4.78 is 0. The Morgan fingerprint density at radius 2 is 2.21 bits per heavy atom. The molecule has 1 aromatic rings. The van der Waals surface area contributed by atoms with Crippen LogP contribution in [0.1, 0.15) is 45.5 Å². The number of carbonyl (C=O) groups is 2. The van der Waals surface area contributed by atoms with Crippen LogP contribution in [0.3, 0.4) is 0 Å². The van der Waals surface area contributed by atoms with E-state index in [2.05, 4.69) is 20.6 Å². The Bertz CT molecular complexity index is 428. The standard InChI is InChI=1S/C12H20N4O3/c1-8(10-13-6-7-14-10)15-11(19)16-12(2,3)5-4-9(17)18/h6-8H,4-5H2,1-3H3,(H,13,14)(H,17,18)(H2,15,16,19). The molecule has 0 fully saturated rings. The molecule has 0 radical (unpaired) electrons. The molecule has 0 aliphatic carbocycles. The number of imidazole rings is 1. The average molecular weight is 268 g/mol. The lowest BCUT2D eigenvalue weighted by Gasteiger charge is -2.26. The van der Waals surface area contributed by atoms with Gasteiger partial charge in [-0.15, -0.1) is 0 Å². The van der Waals surface area contributed by atoms with E-state index in [1.54, 1.807) is 26.2 Å². The summed E-state index contributed by atoms with van der Waals surface area (Å²) in [5.74, 6) is -0.210. The van der Waals surface area contributed by atoms with E-state index >= 15 is 0 Å². The van der Waals surface area contributed by atoms with Crippen molar-refractivity contribution >= 4 is 12.0 Å². The molecule has 0 saturated carbocycles. The molecule has 7 heteroatoms. The Morgan fingerprint density at radius 3 is 2.74 bits per heavy atom. The van der Waals surface area contributed by atoms with Gasteiger partial charge in [0.15, 0.2) is 0 Å². The van der Waals surface area contributed by atoms with E-state index in [9.17, 15) is 9.59 Å². The first kappa shape index (κ1) is 15.0. The molecular formula is C12H20N4O3. The van der Waals surface area contributed by atoms with E-state index in [0.717, 1.165) is 0 Å². The SMILES string of the molecule is CC(NC(=O)NC(C)(C)CCC(=O)O)c1ncc[nH]1. The van der Waals surface area contributed by atoms with E-state index in [1.165, 1.54) is 0 Å². The fourth-order valence-electron chi connectivity index (χ4n) is 1.60. The van der Waals surface area contributed by atoms with Crippen molar-refractivity contribution in [2.75, 3.05) is 0 Å². The van der Waals surface area contributed by atoms with Gasteiger partial charge < -0.3 is 20.7 Å². The number of aliphatic carboxylic acids is 1. The third-order valence-corrected chi connectivity index (χ3v) is 2.69. The van der Waals surface area contributed by atoms with Gasteiger partial charge in [-0.2, -0.15) is 0 Å². The normalized spacial score (nSPS) is 12.8. The molecule has 0 aliphatic rings. The van der Waals surface area contributed by atoms with Gasteiger partial charge in [-0.1, -0.05) is 0 Å². The number of H-pyrrole nitrogens is 1. The van der Waals surface area contributed by atoms with Crippen LogP contribution in [0.5, 0.6) is 0 Å². The highest BCUT2D eigenvalue weighted by atomic mass is 16.4. The number of aromatic amines is 1. The second-order valence-corrected chi connectivity index (χ2v) is 5.07. The maximum Gasteiger partial charge on any atom is 0.315 e. The van der Waals surface area contributed by atoms with Gasteiger partial charge in [-0.3, -0.25) is 4.79 Å². The monoisotopic (exact) mass is 268 g/mol. The number of nitrogens with one attached hydrogen (secondary N) is 3. The van der Waals surface area contributed by atoms with Crippen LogP contribution < -0.4 is 10.6 Å². The Morgan fingerprint density at radius 1 is 1.53 bits per heavy atom. The van der Waals surface area contributed by atoms with E-state index in [1.807, 2.05) is 6.92 Å². The highest BCUT2D eigenvalue weighted by Crippen LogP contribution is 2.12. The quantitative estimate of drug-likeness (QED) is 0.625. The van der Waals surface area contributed by atoms with Crippen LogP contribution in [-0.2, 0) is 4.79 Å². The Labute approximate surface area is 111 Å². The van der Waals surface area contributed by atoms with Crippen molar-refractivity contribution in [1.82, 2.24) is 20.6 Å². The second-order valence-electron chi connectivity index (χ2n) is 5.07. The van der Waals surface area contributed by atoms with Gasteiger partial charge in [0.1, 0.15) is 5.82 Å². The number of carboxylic acid groups (broad SMARTS) is 1. The first-order valence-corrected chi connectivity index (χ1v) is 6.10. The zero-order chi connectivity index (χ0) is 14.5. The second kappa shape index (κ2) is 6.21. The van der Waals surface area contributed by atoms with Crippen LogP contribution in [0.25, 0.3) is 0 Å². The number of amides is 2. The summed E-state index contributed by atoms with van der Waals surface area (Å²) in [7, 11) is 0. The van der Waals surface area contributed by atoms with Crippen molar-refractivity contribution < 1.29 is 14.7 Å². The molecule has 2 amide bonds. The van der Waals surface area contributed by atoms with Crippen LogP contribution in [0.4, 0.5) is 4.79 Å². The lowest BCUT2D eigenvalue weighted by atomic mass is 9.99. The van der Waals surface area contributed by atoms with Gasteiger partial charge in [-0.05, 0) is 27.2 Å². The maximum absolute atomic E-state index is 11.8. The third-order valence-electron chi connectivity index (χ3n) is 2.69. The summed E-state index contributed by atoms with van der Waals surface area (Å²) in [6.45, 7) is 5.38. The summed E-state index contributed by atoms with van der Waals surface area (Å²) in [5, 5.41) is 14.1. The Balaban J connectivity index is 2.43. The Hall–Kier alpha value is -2.05. The zero-order valence-corrected chi connectivity index (χ0v) is 11.4. The largest absolute Gasteiger partial charge is 0.481 e. The number of hydrogen-bond donors (Lipinski definition) is 4. The van der Waals surface area contributed by atoms with E-state index in [0.29, 0.717) is 12.2 Å². The number of carboxylic acids is 1. The minimum absolute atomic E-state index is 0.0149. The van der Waals surface area contributed by atoms with Crippen LogP contribution >= 0.6 is 0 Å². The molecule has 7 nitrogen and oxygen atoms in total. The van der Waals surface area contributed by atoms with E-state index < -0.39 is 11.5 Å². The Kier molecular flexibility index (Phi) is 4.91. The van der Waals surface area contributed by atoms with Crippen LogP contribution in [0.2, 0.25) is 0 Å². The van der Waals surface area contributed by atoms with Crippen molar-refractivity contribution in [2.24, 2.45) is 0 Å². The molecule has 0 bridgehead atoms. The first-order valence-electron chi connectivity index (χ1n) is 6.10. The molecule has 0 aromatic carbocycles. The molecule has 0 spiro atoms. The number of hydrogen-bond acceptors (Lipinski definition) is 3. The maximum atomic E-state index is 11.8. The van der Waals surface area contributed by atoms with E-state index in [4.69, 9.17) is 5.11 Å². The van der Waals surface area contributed by atoms with Crippen molar-refractivity contribution in [2.45, 2.75) is 45.2 Å². The average Bonchev–Trinajstić information content (AvgIpc) is 2.79. The number of nitrogens with zero attached hydrogens (tertiary/aromatic N) is 1. The summed E-state index contributed by atoms with van der Waals surface area (Å²) in [4.78, 5) is 29.3. The van der Waals surface area contributed by atoms with Crippen molar-refractivity contribution in [1.29, 1.82) is 0 Å². The third kappa shape index (κ3) is 5.41. The number of rotatable bonds is 6. The summed E-state index contributed by atoms with van der Waals surface area (Å²) >= 11 is 0. The topological polar surface area (TPSA) is 107 Å². The molecule has 19 heavy (non-hydrogen) atoms. The molecule has 4 N–H and O–H groups in total. The molecular weight excluding hydrogens is 248 g/mol.